The predicted octanol–water partition coefficient (Wildman–Crippen LogP) is 2.20. The molecule has 0 saturated heterocycles. The minimum absolute atomic E-state index is 0.135. The molecule has 0 saturated carbocycles. The zero-order valence-corrected chi connectivity index (χ0v) is 14.9. The first-order valence-corrected chi connectivity index (χ1v) is 9.03. The Kier molecular flexibility index (Phi) is 7.29. The smallest absolute Gasteiger partial charge is 0.241 e. The van der Waals surface area contributed by atoms with E-state index in [1.54, 1.807) is 13.0 Å². The molecule has 0 unspecified atom stereocenters. The van der Waals surface area contributed by atoms with Crippen LogP contribution in [0.1, 0.15) is 25.0 Å². The van der Waals surface area contributed by atoms with Gasteiger partial charge in [-0.15, -0.1) is 0 Å². The highest BCUT2D eigenvalue weighted by Gasteiger charge is 2.19. The van der Waals surface area contributed by atoms with Crippen LogP contribution in [0, 0.1) is 12.8 Å². The summed E-state index contributed by atoms with van der Waals surface area (Å²) in [5.74, 6) is 0.416. The lowest BCUT2D eigenvalue weighted by Crippen LogP contribution is -2.28. The van der Waals surface area contributed by atoms with Crippen molar-refractivity contribution in [2.75, 3.05) is 19.8 Å². The Morgan fingerprint density at radius 2 is 2.05 bits per heavy atom. The fraction of sp³-hybridized carbons (Fsp3) is 0.571. The maximum Gasteiger partial charge on any atom is 0.241 e. The summed E-state index contributed by atoms with van der Waals surface area (Å²) in [6.07, 6.45) is 0. The predicted molar refractivity (Wildman–Crippen MR) is 85.6 cm³/mol. The summed E-state index contributed by atoms with van der Waals surface area (Å²) < 4.78 is 32.9. The lowest BCUT2D eigenvalue weighted by atomic mass is 10.1. The molecule has 0 radical (unpaired) electrons. The highest BCUT2D eigenvalue weighted by molar-refractivity contribution is 9.10. The van der Waals surface area contributed by atoms with Gasteiger partial charge in [-0.2, -0.15) is 0 Å². The van der Waals surface area contributed by atoms with Gasteiger partial charge in [0.15, 0.2) is 0 Å². The zero-order chi connectivity index (χ0) is 16.0. The summed E-state index contributed by atoms with van der Waals surface area (Å²) >= 11 is 3.29. The number of nitrogens with one attached hydrogen (secondary N) is 1. The normalized spacial score (nSPS) is 12.1. The molecule has 0 spiro atoms. The zero-order valence-electron chi connectivity index (χ0n) is 12.5. The molecule has 0 bridgehead atoms. The van der Waals surface area contributed by atoms with Crippen LogP contribution >= 0.6 is 15.9 Å². The first-order valence-electron chi connectivity index (χ1n) is 6.75. The Morgan fingerprint density at radius 1 is 1.38 bits per heavy atom. The topological polar surface area (TPSA) is 75.6 Å². The number of rotatable bonds is 8. The van der Waals surface area contributed by atoms with Gasteiger partial charge in [0.1, 0.15) is 0 Å². The highest BCUT2D eigenvalue weighted by Crippen LogP contribution is 2.27. The second-order valence-electron chi connectivity index (χ2n) is 5.25. The van der Waals surface area contributed by atoms with Gasteiger partial charge >= 0.3 is 0 Å². The van der Waals surface area contributed by atoms with Gasteiger partial charge in [0.05, 0.1) is 18.1 Å². The monoisotopic (exact) mass is 379 g/mol. The maximum absolute atomic E-state index is 12.3. The summed E-state index contributed by atoms with van der Waals surface area (Å²) in [5.41, 5.74) is 1.32. The van der Waals surface area contributed by atoms with Crippen LogP contribution in [0.3, 0.4) is 0 Å². The third-order valence-electron chi connectivity index (χ3n) is 2.74. The standard InChI is InChI=1S/C14H22BrNO4S/c1-10(2)9-20-5-4-16-21(18,19)13-7-12(8-17)6-11(3)14(13)15/h6-7,10,16-17H,4-5,8-9H2,1-3H3. The van der Waals surface area contributed by atoms with E-state index in [0.29, 0.717) is 29.2 Å². The Labute approximate surface area is 134 Å². The molecule has 120 valence electrons. The fourth-order valence-electron chi connectivity index (χ4n) is 1.74. The number of benzene rings is 1. The molecule has 0 aliphatic heterocycles. The van der Waals surface area contributed by atoms with E-state index in [2.05, 4.69) is 20.7 Å². The van der Waals surface area contributed by atoms with Gasteiger partial charge in [-0.25, -0.2) is 13.1 Å². The quantitative estimate of drug-likeness (QED) is 0.678. The van der Waals surface area contributed by atoms with Gasteiger partial charge in [-0.1, -0.05) is 19.9 Å². The van der Waals surface area contributed by atoms with Crippen LogP contribution in [0.2, 0.25) is 0 Å². The summed E-state index contributed by atoms with van der Waals surface area (Å²) in [6.45, 7) is 6.79. The number of aliphatic hydroxyl groups is 1. The van der Waals surface area contributed by atoms with Crippen LogP contribution < -0.4 is 4.72 Å². The van der Waals surface area contributed by atoms with E-state index in [4.69, 9.17) is 4.74 Å². The minimum atomic E-state index is -3.63. The molecule has 0 amide bonds. The molecule has 1 aromatic carbocycles. The van der Waals surface area contributed by atoms with Crippen LogP contribution in [0.25, 0.3) is 0 Å². The minimum Gasteiger partial charge on any atom is -0.392 e. The third-order valence-corrected chi connectivity index (χ3v) is 5.54. The van der Waals surface area contributed by atoms with Crippen LogP contribution in [-0.4, -0.2) is 33.3 Å². The van der Waals surface area contributed by atoms with Crippen molar-refractivity contribution in [3.63, 3.8) is 0 Å². The fourth-order valence-corrected chi connectivity index (χ4v) is 3.82. The molecule has 7 heteroatoms. The van der Waals surface area contributed by atoms with Crippen molar-refractivity contribution in [2.24, 2.45) is 5.92 Å². The molecule has 5 nitrogen and oxygen atoms in total. The van der Waals surface area contributed by atoms with Crippen molar-refractivity contribution < 1.29 is 18.3 Å². The van der Waals surface area contributed by atoms with E-state index >= 15 is 0 Å². The highest BCUT2D eigenvalue weighted by atomic mass is 79.9. The number of sulfonamides is 1. The first kappa shape index (κ1) is 18.6. The van der Waals surface area contributed by atoms with Gasteiger partial charge in [0.25, 0.3) is 0 Å². The molecular formula is C14H22BrNO4S. The van der Waals surface area contributed by atoms with Crippen LogP contribution in [-0.2, 0) is 21.4 Å². The number of hydrogen-bond acceptors (Lipinski definition) is 4. The lowest BCUT2D eigenvalue weighted by Gasteiger charge is -2.12. The summed E-state index contributed by atoms with van der Waals surface area (Å²) in [7, 11) is -3.63. The van der Waals surface area contributed by atoms with Gasteiger partial charge in [-0.05, 0) is 46.0 Å². The van der Waals surface area contributed by atoms with E-state index in [-0.39, 0.29) is 18.0 Å². The van der Waals surface area contributed by atoms with E-state index in [1.165, 1.54) is 6.07 Å². The van der Waals surface area contributed by atoms with Crippen LogP contribution in [0.4, 0.5) is 0 Å². The average Bonchev–Trinajstić information content (AvgIpc) is 2.40. The second kappa shape index (κ2) is 8.24. The van der Waals surface area contributed by atoms with Crippen LogP contribution in [0.5, 0.6) is 0 Å². The van der Waals surface area contributed by atoms with Gasteiger partial charge < -0.3 is 9.84 Å². The molecule has 0 fully saturated rings. The number of halogens is 1. The first-order chi connectivity index (χ1) is 9.77. The van der Waals surface area contributed by atoms with E-state index < -0.39 is 10.0 Å². The molecule has 21 heavy (non-hydrogen) atoms. The Bertz CT molecular complexity index is 573. The number of aliphatic hydroxyl groups excluding tert-OH is 1. The molecule has 0 heterocycles. The van der Waals surface area contributed by atoms with Gasteiger partial charge in [0.2, 0.25) is 10.0 Å². The van der Waals surface area contributed by atoms with Crippen molar-refractivity contribution in [3.8, 4) is 0 Å². The summed E-state index contributed by atoms with van der Waals surface area (Å²) in [4.78, 5) is 0.135. The van der Waals surface area contributed by atoms with Gasteiger partial charge in [-0.3, -0.25) is 0 Å². The van der Waals surface area contributed by atoms with E-state index in [0.717, 1.165) is 5.56 Å². The molecule has 1 rings (SSSR count). The van der Waals surface area contributed by atoms with Crippen molar-refractivity contribution >= 4 is 26.0 Å². The molecule has 0 aliphatic rings. The number of ether oxygens (including phenoxy) is 1. The van der Waals surface area contributed by atoms with E-state index in [9.17, 15) is 13.5 Å². The SMILES string of the molecule is Cc1cc(CO)cc(S(=O)(=O)NCCOCC(C)C)c1Br. The van der Waals surface area contributed by atoms with Crippen LogP contribution in [0.15, 0.2) is 21.5 Å². The summed E-state index contributed by atoms with van der Waals surface area (Å²) in [5, 5.41) is 9.19. The second-order valence-corrected chi connectivity index (χ2v) is 7.78. The van der Waals surface area contributed by atoms with Crippen molar-refractivity contribution in [1.29, 1.82) is 0 Å². The molecule has 0 aromatic heterocycles. The molecule has 1 aromatic rings. The Morgan fingerprint density at radius 3 is 2.62 bits per heavy atom. The average molecular weight is 380 g/mol. The Hall–Kier alpha value is -0.470. The molecular weight excluding hydrogens is 358 g/mol. The summed E-state index contributed by atoms with van der Waals surface area (Å²) in [6, 6.07) is 3.21. The number of aryl methyl sites for hydroxylation is 1. The van der Waals surface area contributed by atoms with Crippen molar-refractivity contribution in [3.05, 3.63) is 27.7 Å². The number of hydrogen-bond donors (Lipinski definition) is 2. The van der Waals surface area contributed by atoms with Crippen molar-refractivity contribution in [1.82, 2.24) is 4.72 Å². The lowest BCUT2D eigenvalue weighted by molar-refractivity contribution is 0.114. The maximum atomic E-state index is 12.3. The molecule has 0 atom stereocenters. The molecule has 2 N–H and O–H groups in total. The molecule has 0 aliphatic carbocycles. The Balaban J connectivity index is 2.76. The van der Waals surface area contributed by atoms with Crippen molar-refractivity contribution in [2.45, 2.75) is 32.3 Å². The van der Waals surface area contributed by atoms with Gasteiger partial charge in [0, 0.05) is 17.6 Å². The largest absolute Gasteiger partial charge is 0.392 e. The third kappa shape index (κ3) is 5.67. The van der Waals surface area contributed by atoms with E-state index in [1.807, 2.05) is 13.8 Å².